The van der Waals surface area contributed by atoms with Gasteiger partial charge >= 0.3 is 0 Å². The van der Waals surface area contributed by atoms with Gasteiger partial charge in [-0.3, -0.25) is 10.2 Å². The van der Waals surface area contributed by atoms with E-state index in [0.717, 1.165) is 5.56 Å². The van der Waals surface area contributed by atoms with Crippen LogP contribution in [0.3, 0.4) is 0 Å². The lowest BCUT2D eigenvalue weighted by Crippen LogP contribution is -2.19. The molecule has 1 amide bonds. The van der Waals surface area contributed by atoms with Crippen molar-refractivity contribution in [3.8, 4) is 12.1 Å². The number of carbonyl (C=O) groups excluding carboxylic acids is 1. The highest BCUT2D eigenvalue weighted by Gasteiger charge is 2.01. The van der Waals surface area contributed by atoms with Gasteiger partial charge in [-0.1, -0.05) is 12.1 Å². The Bertz CT molecular complexity index is 534. The molecule has 18 heavy (non-hydrogen) atoms. The van der Waals surface area contributed by atoms with Gasteiger partial charge in [-0.05, 0) is 17.7 Å². The van der Waals surface area contributed by atoms with E-state index in [9.17, 15) is 4.79 Å². The summed E-state index contributed by atoms with van der Waals surface area (Å²) in [6.45, 7) is 0. The van der Waals surface area contributed by atoms with Gasteiger partial charge in [-0.25, -0.2) is 0 Å². The van der Waals surface area contributed by atoms with E-state index < -0.39 is 0 Å². The minimum atomic E-state index is -0.258. The Hall–Kier alpha value is -2.86. The zero-order chi connectivity index (χ0) is 13.4. The van der Waals surface area contributed by atoms with Gasteiger partial charge in [0.2, 0.25) is 11.6 Å². The molecule has 0 bridgehead atoms. The first-order valence-corrected chi connectivity index (χ1v) is 5.13. The van der Waals surface area contributed by atoms with Crippen LogP contribution in [0, 0.1) is 22.7 Å². The van der Waals surface area contributed by atoms with Gasteiger partial charge in [-0.15, -0.1) is 0 Å². The van der Waals surface area contributed by atoms with Crippen LogP contribution in [-0.2, 0) is 11.2 Å². The molecule has 0 spiro atoms. The Morgan fingerprint density at radius 2 is 2.11 bits per heavy atom. The van der Waals surface area contributed by atoms with Gasteiger partial charge in [0.15, 0.2) is 0 Å². The Morgan fingerprint density at radius 3 is 2.72 bits per heavy atom. The lowest BCUT2D eigenvalue weighted by atomic mass is 10.1. The molecule has 0 aliphatic heterocycles. The first kappa shape index (κ1) is 13.2. The van der Waals surface area contributed by atoms with E-state index in [1.165, 1.54) is 0 Å². The van der Waals surface area contributed by atoms with Crippen molar-refractivity contribution in [1.29, 1.82) is 10.5 Å². The highest BCUT2D eigenvalue weighted by Crippen LogP contribution is 2.11. The molecule has 0 unspecified atom stereocenters. The molecule has 0 fully saturated rings. The molecule has 6 heteroatoms. The number of hydrogen-bond donors (Lipinski definition) is 2. The summed E-state index contributed by atoms with van der Waals surface area (Å²) in [5, 5.41) is 23.2. The summed E-state index contributed by atoms with van der Waals surface area (Å²) in [6.07, 6.45) is 0.263. The molecule has 0 aromatic heterocycles. The molecule has 1 rings (SSSR count). The number of amides is 1. The Morgan fingerprint density at radius 1 is 1.39 bits per heavy atom. The van der Waals surface area contributed by atoms with Crippen molar-refractivity contribution in [2.45, 2.75) is 6.42 Å². The molecule has 90 valence electrons. The number of benzene rings is 1. The van der Waals surface area contributed by atoms with Gasteiger partial charge in [0.1, 0.15) is 12.1 Å². The first-order valence-electron chi connectivity index (χ1n) is 5.13. The fourth-order valence-electron chi connectivity index (χ4n) is 1.22. The summed E-state index contributed by atoms with van der Waals surface area (Å²) in [6, 6.07) is 10.3. The van der Waals surface area contributed by atoms with Crippen LogP contribution in [0.2, 0.25) is 0 Å². The van der Waals surface area contributed by atoms with Gasteiger partial charge in [0.25, 0.3) is 0 Å². The van der Waals surface area contributed by atoms with Crippen molar-refractivity contribution in [1.82, 2.24) is 5.32 Å². The number of nitriles is 2. The number of anilines is 1. The van der Waals surface area contributed by atoms with Crippen LogP contribution in [0.25, 0.3) is 0 Å². The topological polar surface area (TPSA) is 101 Å². The Kier molecular flexibility index (Phi) is 4.89. The summed E-state index contributed by atoms with van der Waals surface area (Å²) in [5.74, 6) is -0.0922. The smallest absolute Gasteiger partial charge is 0.237 e. The molecule has 6 nitrogen and oxygen atoms in total. The molecule has 0 heterocycles. The monoisotopic (exact) mass is 241 g/mol. The predicted octanol–water partition coefficient (Wildman–Crippen LogP) is 0.790. The number of likely N-dealkylation sites (N-methyl/N-ethyl adjacent to an activating group) is 1. The fourth-order valence-corrected chi connectivity index (χ4v) is 1.22. The molecular formula is C12H11N5O. The van der Waals surface area contributed by atoms with Gasteiger partial charge in [0, 0.05) is 7.05 Å². The van der Waals surface area contributed by atoms with E-state index in [-0.39, 0.29) is 18.0 Å². The van der Waals surface area contributed by atoms with Crippen molar-refractivity contribution in [3.63, 3.8) is 0 Å². The average Bonchev–Trinajstić information content (AvgIpc) is 2.40. The van der Waals surface area contributed by atoms with Crippen LogP contribution in [0.4, 0.5) is 5.69 Å². The normalized spacial score (nSPS) is 8.61. The SMILES string of the molecule is CNC(=O)Cc1cccc(NN=C(C#N)C#N)c1. The third-order valence-electron chi connectivity index (χ3n) is 2.08. The quantitative estimate of drug-likeness (QED) is 0.601. The van der Waals surface area contributed by atoms with Crippen molar-refractivity contribution >= 4 is 17.3 Å². The number of hydrazone groups is 1. The first-order chi connectivity index (χ1) is 8.69. The van der Waals surface area contributed by atoms with E-state index >= 15 is 0 Å². The van der Waals surface area contributed by atoms with Gasteiger partial charge in [-0.2, -0.15) is 15.6 Å². The van der Waals surface area contributed by atoms with E-state index in [1.807, 2.05) is 0 Å². The van der Waals surface area contributed by atoms with Crippen LogP contribution in [-0.4, -0.2) is 18.7 Å². The Balaban J connectivity index is 2.78. The third kappa shape index (κ3) is 3.95. The van der Waals surface area contributed by atoms with E-state index in [4.69, 9.17) is 10.5 Å². The van der Waals surface area contributed by atoms with Crippen molar-refractivity contribution in [3.05, 3.63) is 29.8 Å². The van der Waals surface area contributed by atoms with Crippen molar-refractivity contribution in [2.75, 3.05) is 12.5 Å². The summed E-state index contributed by atoms with van der Waals surface area (Å²) in [5.41, 5.74) is 3.75. The van der Waals surface area contributed by atoms with Crippen LogP contribution in [0.5, 0.6) is 0 Å². The molecule has 0 saturated heterocycles. The average molecular weight is 241 g/mol. The minimum Gasteiger partial charge on any atom is -0.359 e. The van der Waals surface area contributed by atoms with Crippen molar-refractivity contribution < 1.29 is 4.79 Å². The number of rotatable bonds is 4. The maximum atomic E-state index is 11.2. The molecule has 0 atom stereocenters. The summed E-state index contributed by atoms with van der Waals surface area (Å²) in [7, 11) is 1.57. The second-order valence-corrected chi connectivity index (χ2v) is 3.35. The highest BCUT2D eigenvalue weighted by atomic mass is 16.1. The number of nitrogens with one attached hydrogen (secondary N) is 2. The van der Waals surface area contributed by atoms with Crippen LogP contribution < -0.4 is 10.7 Å². The lowest BCUT2D eigenvalue weighted by molar-refractivity contribution is -0.119. The zero-order valence-corrected chi connectivity index (χ0v) is 9.77. The molecule has 1 aromatic carbocycles. The van der Waals surface area contributed by atoms with E-state index in [2.05, 4.69) is 15.8 Å². The van der Waals surface area contributed by atoms with Crippen LogP contribution >= 0.6 is 0 Å². The molecule has 0 aliphatic carbocycles. The minimum absolute atomic E-state index is 0.0922. The van der Waals surface area contributed by atoms with Crippen molar-refractivity contribution in [2.24, 2.45) is 5.10 Å². The summed E-state index contributed by atoms with van der Waals surface area (Å²) >= 11 is 0. The van der Waals surface area contributed by atoms with Gasteiger partial charge < -0.3 is 5.32 Å². The van der Waals surface area contributed by atoms with E-state index in [0.29, 0.717) is 5.69 Å². The van der Waals surface area contributed by atoms with Gasteiger partial charge in [0.05, 0.1) is 12.1 Å². The molecular weight excluding hydrogens is 230 g/mol. The summed E-state index contributed by atoms with van der Waals surface area (Å²) in [4.78, 5) is 11.2. The summed E-state index contributed by atoms with van der Waals surface area (Å²) < 4.78 is 0. The second kappa shape index (κ2) is 6.66. The molecule has 0 aliphatic rings. The maximum absolute atomic E-state index is 11.2. The third-order valence-corrected chi connectivity index (χ3v) is 2.08. The standard InChI is InChI=1S/C12H11N5O/c1-15-12(18)6-9-3-2-4-10(5-9)16-17-11(7-13)8-14/h2-5,16H,6H2,1H3,(H,15,18). The second-order valence-electron chi connectivity index (χ2n) is 3.35. The number of nitrogens with zero attached hydrogens (tertiary/aromatic N) is 3. The molecule has 2 N–H and O–H groups in total. The largest absolute Gasteiger partial charge is 0.359 e. The molecule has 0 radical (unpaired) electrons. The van der Waals surface area contributed by atoms with Crippen LogP contribution in [0.15, 0.2) is 29.4 Å². The van der Waals surface area contributed by atoms with E-state index in [1.54, 1.807) is 43.5 Å². The fraction of sp³-hybridized carbons (Fsp3) is 0.167. The highest BCUT2D eigenvalue weighted by molar-refractivity contribution is 6.10. The Labute approximate surface area is 105 Å². The predicted molar refractivity (Wildman–Crippen MR) is 66.5 cm³/mol. The number of hydrogen-bond acceptors (Lipinski definition) is 5. The molecule has 1 aromatic rings. The van der Waals surface area contributed by atoms with Crippen LogP contribution in [0.1, 0.15) is 5.56 Å². The number of carbonyl (C=O) groups is 1. The zero-order valence-electron chi connectivity index (χ0n) is 9.77. The maximum Gasteiger partial charge on any atom is 0.237 e. The molecule has 0 saturated carbocycles. The lowest BCUT2D eigenvalue weighted by Gasteiger charge is -2.04.